The van der Waals surface area contributed by atoms with Gasteiger partial charge >= 0.3 is 0 Å². The van der Waals surface area contributed by atoms with Crippen LogP contribution in [-0.4, -0.2) is 64.1 Å². The Morgan fingerprint density at radius 1 is 1.14 bits per heavy atom. The second-order valence-electron chi connectivity index (χ2n) is 7.36. The number of fused-ring (bicyclic) bond motifs is 1. The molecule has 0 radical (unpaired) electrons. The fraction of sp³-hybridized carbons (Fsp3) is 0.450. The largest absolute Gasteiger partial charge is 0.382 e. The molecule has 0 spiro atoms. The van der Waals surface area contributed by atoms with Crippen molar-refractivity contribution in [2.45, 2.75) is 17.7 Å². The highest BCUT2D eigenvalue weighted by Gasteiger charge is 2.23. The quantitative estimate of drug-likeness (QED) is 0.742. The van der Waals surface area contributed by atoms with Crippen LogP contribution in [0.1, 0.15) is 12.0 Å². The Morgan fingerprint density at radius 2 is 1.93 bits per heavy atom. The van der Waals surface area contributed by atoms with Gasteiger partial charge in [0.15, 0.2) is 5.82 Å². The van der Waals surface area contributed by atoms with E-state index in [1.807, 2.05) is 6.20 Å². The molecule has 1 saturated heterocycles. The molecule has 29 heavy (non-hydrogen) atoms. The van der Waals surface area contributed by atoms with E-state index in [-0.39, 0.29) is 11.4 Å². The zero-order valence-electron chi connectivity index (χ0n) is 16.3. The zero-order chi connectivity index (χ0) is 20.3. The number of halogens is 1. The van der Waals surface area contributed by atoms with Crippen molar-refractivity contribution < 1.29 is 12.8 Å². The number of aromatic nitrogens is 1. The molecule has 9 heteroatoms. The van der Waals surface area contributed by atoms with Crippen molar-refractivity contribution in [1.29, 1.82) is 0 Å². The van der Waals surface area contributed by atoms with Crippen LogP contribution in [0.5, 0.6) is 0 Å². The van der Waals surface area contributed by atoms with Gasteiger partial charge in [-0.05, 0) is 36.6 Å². The first-order chi connectivity index (χ1) is 14.0. The summed E-state index contributed by atoms with van der Waals surface area (Å²) in [5.74, 6) is 0.281. The summed E-state index contributed by atoms with van der Waals surface area (Å²) in [7, 11) is -3.84. The van der Waals surface area contributed by atoms with E-state index in [1.165, 1.54) is 23.8 Å². The number of anilines is 2. The number of piperazine rings is 1. The predicted octanol–water partition coefficient (Wildman–Crippen LogP) is 1.68. The molecule has 0 unspecified atom stereocenters. The number of hydrogen-bond donors (Lipinski definition) is 2. The van der Waals surface area contributed by atoms with Crippen LogP contribution in [0.3, 0.4) is 0 Å². The molecule has 1 aromatic heterocycles. The summed E-state index contributed by atoms with van der Waals surface area (Å²) < 4.78 is 40.8. The third-order valence-electron chi connectivity index (χ3n) is 5.46. The lowest BCUT2D eigenvalue weighted by Crippen LogP contribution is -2.49. The Balaban J connectivity index is 1.29. The SMILES string of the molecule is O=S(=O)(NCCN1CCN(c2nccc3c2NCCC3)CC1)c1ccccc1F. The van der Waals surface area contributed by atoms with Crippen molar-refractivity contribution in [2.24, 2.45) is 0 Å². The molecule has 0 bridgehead atoms. The molecule has 1 fully saturated rings. The molecule has 0 amide bonds. The van der Waals surface area contributed by atoms with Gasteiger partial charge in [-0.1, -0.05) is 12.1 Å². The molecular weight excluding hydrogens is 393 g/mol. The summed E-state index contributed by atoms with van der Waals surface area (Å²) in [6.45, 7) is 5.14. The van der Waals surface area contributed by atoms with Gasteiger partial charge in [-0.15, -0.1) is 0 Å². The minimum atomic E-state index is -3.84. The van der Waals surface area contributed by atoms with Crippen molar-refractivity contribution in [2.75, 3.05) is 56.0 Å². The molecule has 0 saturated carbocycles. The topological polar surface area (TPSA) is 77.6 Å². The maximum absolute atomic E-state index is 13.7. The normalized spacial score (nSPS) is 17.6. The average Bonchev–Trinajstić information content (AvgIpc) is 2.74. The fourth-order valence-electron chi connectivity index (χ4n) is 3.88. The summed E-state index contributed by atoms with van der Waals surface area (Å²) in [5, 5.41) is 3.49. The van der Waals surface area contributed by atoms with Crippen LogP contribution >= 0.6 is 0 Å². The second kappa shape index (κ2) is 8.64. The van der Waals surface area contributed by atoms with Crippen LogP contribution < -0.4 is 14.9 Å². The van der Waals surface area contributed by atoms with E-state index in [0.717, 1.165) is 63.1 Å². The van der Waals surface area contributed by atoms with E-state index in [4.69, 9.17) is 0 Å². The Labute approximate surface area is 171 Å². The van der Waals surface area contributed by atoms with Gasteiger partial charge in [0.25, 0.3) is 0 Å². The number of aryl methyl sites for hydroxylation is 1. The van der Waals surface area contributed by atoms with Crippen LogP contribution in [0, 0.1) is 5.82 Å². The highest BCUT2D eigenvalue weighted by atomic mass is 32.2. The summed E-state index contributed by atoms with van der Waals surface area (Å²) in [4.78, 5) is 8.79. The zero-order valence-corrected chi connectivity index (χ0v) is 17.1. The average molecular weight is 420 g/mol. The molecule has 0 atom stereocenters. The van der Waals surface area contributed by atoms with E-state index < -0.39 is 15.8 Å². The van der Waals surface area contributed by atoms with Gasteiger partial charge in [-0.2, -0.15) is 0 Å². The van der Waals surface area contributed by atoms with E-state index >= 15 is 0 Å². The third kappa shape index (κ3) is 4.52. The molecule has 0 aliphatic carbocycles. The second-order valence-corrected chi connectivity index (χ2v) is 9.09. The maximum atomic E-state index is 13.7. The Kier molecular flexibility index (Phi) is 5.98. The molecule has 1 aromatic carbocycles. The van der Waals surface area contributed by atoms with Crippen LogP contribution in [0.15, 0.2) is 41.4 Å². The Morgan fingerprint density at radius 3 is 2.72 bits per heavy atom. The molecule has 4 rings (SSSR count). The summed E-state index contributed by atoms with van der Waals surface area (Å²) >= 11 is 0. The van der Waals surface area contributed by atoms with E-state index in [1.54, 1.807) is 0 Å². The number of nitrogens with zero attached hydrogens (tertiary/aromatic N) is 3. The molecule has 2 aliphatic rings. The molecule has 2 aliphatic heterocycles. The molecule has 3 heterocycles. The van der Waals surface area contributed by atoms with E-state index in [2.05, 4.69) is 30.9 Å². The highest BCUT2D eigenvalue weighted by Crippen LogP contribution is 2.31. The van der Waals surface area contributed by atoms with Gasteiger partial charge in [0.2, 0.25) is 10.0 Å². The number of rotatable bonds is 6. The lowest BCUT2D eigenvalue weighted by Gasteiger charge is -2.37. The number of benzene rings is 1. The molecule has 7 nitrogen and oxygen atoms in total. The van der Waals surface area contributed by atoms with Crippen LogP contribution in [0.25, 0.3) is 0 Å². The smallest absolute Gasteiger partial charge is 0.243 e. The summed E-state index contributed by atoms with van der Waals surface area (Å²) in [6, 6.07) is 7.50. The minimum absolute atomic E-state index is 0.247. The van der Waals surface area contributed by atoms with Crippen LogP contribution in [0.2, 0.25) is 0 Å². The Bertz CT molecular complexity index is 961. The van der Waals surface area contributed by atoms with Crippen LogP contribution in [0.4, 0.5) is 15.9 Å². The fourth-order valence-corrected chi connectivity index (χ4v) is 4.98. The van der Waals surface area contributed by atoms with Gasteiger partial charge in [-0.25, -0.2) is 22.5 Å². The highest BCUT2D eigenvalue weighted by molar-refractivity contribution is 7.89. The molecule has 2 N–H and O–H groups in total. The first kappa shape index (κ1) is 20.1. The van der Waals surface area contributed by atoms with E-state index in [0.29, 0.717) is 6.54 Å². The number of hydrogen-bond acceptors (Lipinski definition) is 6. The lowest BCUT2D eigenvalue weighted by atomic mass is 10.0. The standard InChI is InChI=1S/C20H26FN5O2S/c21-17-5-1-2-6-18(17)29(27,28)24-10-11-25-12-14-26(15-13-25)20-19-16(7-9-23-20)4-3-8-22-19/h1-2,5-7,9,22,24H,3-4,8,10-15H2. The number of nitrogens with one attached hydrogen (secondary N) is 2. The van der Waals surface area contributed by atoms with Crippen LogP contribution in [-0.2, 0) is 16.4 Å². The van der Waals surface area contributed by atoms with Gasteiger partial charge in [0.05, 0.1) is 5.69 Å². The van der Waals surface area contributed by atoms with Crippen molar-refractivity contribution in [3.8, 4) is 0 Å². The third-order valence-corrected chi connectivity index (χ3v) is 6.95. The van der Waals surface area contributed by atoms with Gasteiger partial charge < -0.3 is 10.2 Å². The molecular formula is C20H26FN5O2S. The van der Waals surface area contributed by atoms with Crippen molar-refractivity contribution in [1.82, 2.24) is 14.6 Å². The van der Waals surface area contributed by atoms with Gasteiger partial charge in [-0.3, -0.25) is 4.90 Å². The minimum Gasteiger partial charge on any atom is -0.382 e. The van der Waals surface area contributed by atoms with Crippen molar-refractivity contribution >= 4 is 21.5 Å². The lowest BCUT2D eigenvalue weighted by molar-refractivity contribution is 0.261. The predicted molar refractivity (Wildman–Crippen MR) is 111 cm³/mol. The van der Waals surface area contributed by atoms with Crippen molar-refractivity contribution in [3.63, 3.8) is 0 Å². The molecule has 156 valence electrons. The first-order valence-electron chi connectivity index (χ1n) is 9.98. The number of pyridine rings is 1. The van der Waals surface area contributed by atoms with E-state index in [9.17, 15) is 12.8 Å². The monoisotopic (exact) mass is 419 g/mol. The summed E-state index contributed by atoms with van der Waals surface area (Å²) in [5.41, 5.74) is 2.48. The van der Waals surface area contributed by atoms with Gasteiger partial charge in [0.1, 0.15) is 10.7 Å². The Hall–Kier alpha value is -2.23. The van der Waals surface area contributed by atoms with Crippen molar-refractivity contribution in [3.05, 3.63) is 47.9 Å². The van der Waals surface area contributed by atoms with Gasteiger partial charge in [0, 0.05) is 52.0 Å². The first-order valence-corrected chi connectivity index (χ1v) is 11.5. The number of sulfonamides is 1. The molecule has 2 aromatic rings. The summed E-state index contributed by atoms with van der Waals surface area (Å²) in [6.07, 6.45) is 4.11. The maximum Gasteiger partial charge on any atom is 0.243 e.